The minimum atomic E-state index is -0.589. The number of hydrogen-bond donors (Lipinski definition) is 1. The summed E-state index contributed by atoms with van der Waals surface area (Å²) in [4.78, 5) is 12.3. The normalized spacial score (nSPS) is 19.2. The number of ether oxygens (including phenoxy) is 1. The molecular weight excluding hydrogens is 308 g/mol. The second kappa shape index (κ2) is 5.49. The van der Waals surface area contributed by atoms with Crippen molar-refractivity contribution in [3.05, 3.63) is 70.1 Å². The smallest absolute Gasteiger partial charge is 0.345 e. The summed E-state index contributed by atoms with van der Waals surface area (Å²) in [5.74, 6) is 0.642. The van der Waals surface area contributed by atoms with E-state index in [4.69, 9.17) is 9.15 Å². The first-order chi connectivity index (χ1) is 11.7. The summed E-state index contributed by atoms with van der Waals surface area (Å²) < 4.78 is 10.5. The van der Waals surface area contributed by atoms with Crippen molar-refractivity contribution in [2.24, 2.45) is 10.2 Å². The van der Waals surface area contributed by atoms with Crippen molar-refractivity contribution in [2.45, 2.75) is 12.1 Å². The number of rotatable bonds is 3. The average Bonchev–Trinajstić information content (AvgIpc) is 2.58. The van der Waals surface area contributed by atoms with E-state index in [1.54, 1.807) is 31.4 Å². The Balaban J connectivity index is 1.77. The number of nitrogens with zero attached hydrogens (tertiary/aromatic N) is 2. The molecule has 2 heterocycles. The molecule has 3 aromatic rings. The van der Waals surface area contributed by atoms with Crippen molar-refractivity contribution in [1.29, 1.82) is 0 Å². The van der Waals surface area contributed by atoms with Gasteiger partial charge in [0.25, 0.3) is 0 Å². The molecule has 0 aliphatic carbocycles. The largest absolute Gasteiger partial charge is 0.507 e. The average molecular weight is 322 g/mol. The molecule has 0 radical (unpaired) electrons. The molecule has 0 fully saturated rings. The Labute approximate surface area is 137 Å². The predicted octanol–water partition coefficient (Wildman–Crippen LogP) is 3.76. The number of azo groups is 1. The van der Waals surface area contributed by atoms with Gasteiger partial charge in [-0.05, 0) is 29.8 Å². The molecule has 24 heavy (non-hydrogen) atoms. The Kier molecular flexibility index (Phi) is 3.30. The minimum absolute atomic E-state index is 0.0935. The first kappa shape index (κ1) is 14.4. The van der Waals surface area contributed by atoms with E-state index >= 15 is 0 Å². The molecule has 6 heteroatoms. The van der Waals surface area contributed by atoms with Gasteiger partial charge in [-0.1, -0.05) is 24.3 Å². The van der Waals surface area contributed by atoms with Gasteiger partial charge in [-0.3, -0.25) is 0 Å². The molecule has 0 bridgehead atoms. The van der Waals surface area contributed by atoms with Crippen molar-refractivity contribution in [3.63, 3.8) is 0 Å². The van der Waals surface area contributed by atoms with Crippen molar-refractivity contribution in [1.82, 2.24) is 0 Å². The van der Waals surface area contributed by atoms with Crippen LogP contribution in [0.15, 0.2) is 68.0 Å². The number of benzene rings is 2. The number of hydrogen-bond acceptors (Lipinski definition) is 6. The van der Waals surface area contributed by atoms with Gasteiger partial charge in [0.15, 0.2) is 0 Å². The van der Waals surface area contributed by atoms with Crippen molar-refractivity contribution in [2.75, 3.05) is 7.11 Å². The molecule has 2 atom stereocenters. The second-order valence-electron chi connectivity index (χ2n) is 5.54. The molecule has 2 aromatic carbocycles. The van der Waals surface area contributed by atoms with Crippen LogP contribution in [0.5, 0.6) is 11.5 Å². The molecule has 0 spiro atoms. The first-order valence-electron chi connectivity index (χ1n) is 7.47. The van der Waals surface area contributed by atoms with Gasteiger partial charge in [0, 0.05) is 0 Å². The van der Waals surface area contributed by atoms with Crippen LogP contribution in [0, 0.1) is 0 Å². The highest BCUT2D eigenvalue weighted by Gasteiger charge is 2.36. The highest BCUT2D eigenvalue weighted by Crippen LogP contribution is 2.46. The SMILES string of the molecule is COc1ccc(C2N=NC2c2c(O)c3ccccc3oc2=O)cc1. The Morgan fingerprint density at radius 2 is 1.75 bits per heavy atom. The van der Waals surface area contributed by atoms with E-state index in [9.17, 15) is 9.90 Å². The number of para-hydroxylation sites is 1. The Morgan fingerprint density at radius 3 is 2.42 bits per heavy atom. The lowest BCUT2D eigenvalue weighted by Gasteiger charge is -2.26. The van der Waals surface area contributed by atoms with E-state index in [0.717, 1.165) is 11.3 Å². The summed E-state index contributed by atoms with van der Waals surface area (Å²) >= 11 is 0. The third-order valence-corrected chi connectivity index (χ3v) is 4.19. The van der Waals surface area contributed by atoms with Crippen LogP contribution in [-0.2, 0) is 0 Å². The molecule has 0 saturated heterocycles. The van der Waals surface area contributed by atoms with Gasteiger partial charge in [-0.25, -0.2) is 4.79 Å². The zero-order chi connectivity index (χ0) is 16.7. The van der Waals surface area contributed by atoms with E-state index in [0.29, 0.717) is 11.0 Å². The fourth-order valence-corrected chi connectivity index (χ4v) is 2.87. The predicted molar refractivity (Wildman–Crippen MR) is 87.5 cm³/mol. The van der Waals surface area contributed by atoms with Crippen molar-refractivity contribution < 1.29 is 14.3 Å². The number of methoxy groups -OCH3 is 1. The van der Waals surface area contributed by atoms with Gasteiger partial charge in [-0.15, -0.1) is 0 Å². The van der Waals surface area contributed by atoms with Crippen LogP contribution < -0.4 is 10.4 Å². The number of fused-ring (bicyclic) bond motifs is 1. The monoisotopic (exact) mass is 322 g/mol. The maximum absolute atomic E-state index is 12.3. The van der Waals surface area contributed by atoms with Crippen LogP contribution in [-0.4, -0.2) is 12.2 Å². The van der Waals surface area contributed by atoms with Crippen LogP contribution in [0.25, 0.3) is 11.0 Å². The molecular formula is C18H14N2O4. The lowest BCUT2D eigenvalue weighted by atomic mass is 9.92. The van der Waals surface area contributed by atoms with Crippen molar-refractivity contribution >= 4 is 11.0 Å². The molecule has 0 amide bonds. The van der Waals surface area contributed by atoms with Gasteiger partial charge < -0.3 is 14.3 Å². The molecule has 1 N–H and O–H groups in total. The Morgan fingerprint density at radius 1 is 1.04 bits per heavy atom. The van der Waals surface area contributed by atoms with Gasteiger partial charge >= 0.3 is 5.63 Å². The molecule has 1 aromatic heterocycles. The van der Waals surface area contributed by atoms with Crippen molar-refractivity contribution in [3.8, 4) is 11.5 Å². The molecule has 0 saturated carbocycles. The Hall–Kier alpha value is -3.15. The summed E-state index contributed by atoms with van der Waals surface area (Å²) in [5, 5.41) is 19.2. The lowest BCUT2D eigenvalue weighted by Crippen LogP contribution is -2.21. The van der Waals surface area contributed by atoms with Crippen LogP contribution in [0.1, 0.15) is 23.2 Å². The Bertz CT molecular complexity index is 992. The van der Waals surface area contributed by atoms with E-state index in [1.807, 2.05) is 24.3 Å². The molecule has 120 valence electrons. The molecule has 6 nitrogen and oxygen atoms in total. The standard InChI is InChI=1S/C18H14N2O4/c1-23-11-8-6-10(7-9-11)15-16(20-19-15)14-17(21)12-4-2-3-5-13(12)24-18(14)22/h2-9,15-16,21H,1H3. The van der Waals surface area contributed by atoms with Crippen LogP contribution in [0.2, 0.25) is 0 Å². The quantitative estimate of drug-likeness (QED) is 0.744. The molecule has 1 aliphatic heterocycles. The molecule has 4 rings (SSSR count). The highest BCUT2D eigenvalue weighted by atomic mass is 16.5. The maximum Gasteiger partial charge on any atom is 0.345 e. The topological polar surface area (TPSA) is 84.4 Å². The van der Waals surface area contributed by atoms with Crippen LogP contribution >= 0.6 is 0 Å². The zero-order valence-corrected chi connectivity index (χ0v) is 12.8. The van der Waals surface area contributed by atoms with Gasteiger partial charge in [0.2, 0.25) is 0 Å². The van der Waals surface area contributed by atoms with Crippen LogP contribution in [0.4, 0.5) is 0 Å². The summed E-state index contributed by atoms with van der Waals surface area (Å²) in [6.45, 7) is 0. The van der Waals surface area contributed by atoms with Gasteiger partial charge in [0.1, 0.15) is 34.7 Å². The second-order valence-corrected chi connectivity index (χ2v) is 5.54. The van der Waals surface area contributed by atoms with E-state index in [-0.39, 0.29) is 17.4 Å². The lowest BCUT2D eigenvalue weighted by molar-refractivity contribution is 0.380. The minimum Gasteiger partial charge on any atom is -0.507 e. The summed E-state index contributed by atoms with van der Waals surface area (Å²) in [6.07, 6.45) is 0. The zero-order valence-electron chi connectivity index (χ0n) is 12.8. The fraction of sp³-hybridized carbons (Fsp3) is 0.167. The van der Waals surface area contributed by atoms with E-state index in [1.165, 1.54) is 0 Å². The summed E-state index contributed by atoms with van der Waals surface area (Å²) in [6, 6.07) is 13.4. The third kappa shape index (κ3) is 2.15. The fourth-order valence-electron chi connectivity index (χ4n) is 2.87. The van der Waals surface area contributed by atoms with Gasteiger partial charge in [-0.2, -0.15) is 10.2 Å². The summed E-state index contributed by atoms with van der Waals surface area (Å²) in [7, 11) is 1.60. The van der Waals surface area contributed by atoms with E-state index in [2.05, 4.69) is 10.2 Å². The maximum atomic E-state index is 12.3. The third-order valence-electron chi connectivity index (χ3n) is 4.19. The molecule has 2 unspecified atom stereocenters. The molecule has 1 aliphatic rings. The first-order valence-corrected chi connectivity index (χ1v) is 7.47. The highest BCUT2D eigenvalue weighted by molar-refractivity contribution is 5.84. The summed E-state index contributed by atoms with van der Waals surface area (Å²) in [5.41, 5.74) is 0.793. The van der Waals surface area contributed by atoms with Gasteiger partial charge in [0.05, 0.1) is 12.5 Å². The van der Waals surface area contributed by atoms with E-state index < -0.39 is 11.7 Å². The van der Waals surface area contributed by atoms with Crippen LogP contribution in [0.3, 0.4) is 0 Å². The number of aromatic hydroxyl groups is 1.